The highest BCUT2D eigenvalue weighted by Crippen LogP contribution is 2.34. The van der Waals surface area contributed by atoms with Crippen molar-refractivity contribution in [3.05, 3.63) is 53.6 Å². The summed E-state index contributed by atoms with van der Waals surface area (Å²) < 4.78 is 13.8. The number of furan rings is 1. The van der Waals surface area contributed by atoms with Crippen molar-refractivity contribution in [3.63, 3.8) is 0 Å². The third-order valence-electron chi connectivity index (χ3n) is 5.65. The standard InChI is InChI=1S/C25H29I2NO4/c1-4-7-10-21-23(22-19(29)9-8-11-20(22)32-21)24(30)16-14-17(26)25(18(27)15-16)31-13-12-28(5-2)6-3/h8,11,14-15H,4-7,9-10,12-13H2,1-3H3. The number of carbonyl (C=O) groups is 2. The second-order valence-electron chi connectivity index (χ2n) is 7.75. The summed E-state index contributed by atoms with van der Waals surface area (Å²) in [5, 5.41) is 0. The third kappa shape index (κ3) is 5.64. The first-order valence-electron chi connectivity index (χ1n) is 11.1. The molecule has 1 aromatic carbocycles. The second kappa shape index (κ2) is 11.8. The predicted octanol–water partition coefficient (Wildman–Crippen LogP) is 6.38. The number of allylic oxidation sites excluding steroid dienone is 1. The van der Waals surface area contributed by atoms with E-state index in [0.717, 1.165) is 45.4 Å². The summed E-state index contributed by atoms with van der Waals surface area (Å²) in [6.45, 7) is 9.81. The Morgan fingerprint density at radius 1 is 1.16 bits per heavy atom. The van der Waals surface area contributed by atoms with Gasteiger partial charge in [0.15, 0.2) is 11.6 Å². The Bertz CT molecular complexity index is 998. The molecule has 0 saturated heterocycles. The van der Waals surface area contributed by atoms with Gasteiger partial charge in [-0.15, -0.1) is 0 Å². The summed E-state index contributed by atoms with van der Waals surface area (Å²) in [4.78, 5) is 28.6. The minimum absolute atomic E-state index is 0.0573. The number of carbonyl (C=O) groups excluding carboxylic acids is 2. The maximum absolute atomic E-state index is 13.6. The van der Waals surface area contributed by atoms with Crippen LogP contribution in [-0.2, 0) is 6.42 Å². The fourth-order valence-corrected chi connectivity index (χ4v) is 5.89. The number of unbranched alkanes of at least 4 members (excludes halogenated alkanes) is 1. The van der Waals surface area contributed by atoms with Gasteiger partial charge in [-0.1, -0.05) is 33.3 Å². The molecule has 1 aromatic heterocycles. The number of Topliss-reactive ketones (excluding diaryl/α,β-unsaturated/α-hetero) is 1. The van der Waals surface area contributed by atoms with Crippen LogP contribution in [-0.4, -0.2) is 42.7 Å². The van der Waals surface area contributed by atoms with Crippen LogP contribution >= 0.6 is 45.2 Å². The van der Waals surface area contributed by atoms with E-state index < -0.39 is 0 Å². The van der Waals surface area contributed by atoms with E-state index in [-0.39, 0.29) is 11.6 Å². The van der Waals surface area contributed by atoms with E-state index in [1.807, 2.05) is 18.2 Å². The van der Waals surface area contributed by atoms with Crippen molar-refractivity contribution in [1.29, 1.82) is 0 Å². The van der Waals surface area contributed by atoms with Gasteiger partial charge in [-0.25, -0.2) is 0 Å². The molecule has 5 nitrogen and oxygen atoms in total. The average molecular weight is 661 g/mol. The van der Waals surface area contributed by atoms with Crippen molar-refractivity contribution in [2.24, 2.45) is 0 Å². The van der Waals surface area contributed by atoms with Gasteiger partial charge in [0, 0.05) is 24.9 Å². The fourth-order valence-electron chi connectivity index (χ4n) is 3.81. The lowest BCUT2D eigenvalue weighted by Gasteiger charge is -2.19. The molecule has 0 bridgehead atoms. The summed E-state index contributed by atoms with van der Waals surface area (Å²) >= 11 is 4.44. The van der Waals surface area contributed by atoms with Crippen molar-refractivity contribution in [2.75, 3.05) is 26.2 Å². The maximum atomic E-state index is 13.6. The number of aryl methyl sites for hydroxylation is 1. The molecule has 32 heavy (non-hydrogen) atoms. The zero-order valence-corrected chi connectivity index (χ0v) is 23.1. The van der Waals surface area contributed by atoms with Gasteiger partial charge in [0.25, 0.3) is 0 Å². The molecular formula is C25H29I2NO4. The Morgan fingerprint density at radius 2 is 1.84 bits per heavy atom. The first-order valence-corrected chi connectivity index (χ1v) is 13.3. The number of likely N-dealkylation sites (N-methyl/N-ethyl adjacent to an activating group) is 1. The minimum Gasteiger partial charge on any atom is -0.490 e. The molecule has 1 aliphatic carbocycles. The number of halogens is 2. The second-order valence-corrected chi connectivity index (χ2v) is 10.1. The van der Waals surface area contributed by atoms with Crippen LogP contribution in [0.3, 0.4) is 0 Å². The smallest absolute Gasteiger partial charge is 0.197 e. The van der Waals surface area contributed by atoms with E-state index in [1.54, 1.807) is 6.08 Å². The first-order chi connectivity index (χ1) is 15.4. The Labute approximate surface area is 217 Å². The normalized spacial score (nSPS) is 13.0. The summed E-state index contributed by atoms with van der Waals surface area (Å²) in [5.74, 6) is 1.71. The monoisotopic (exact) mass is 661 g/mol. The summed E-state index contributed by atoms with van der Waals surface area (Å²) in [6, 6.07) is 3.70. The average Bonchev–Trinajstić information content (AvgIpc) is 3.15. The van der Waals surface area contributed by atoms with Gasteiger partial charge in [-0.05, 0) is 82.9 Å². The van der Waals surface area contributed by atoms with Crippen LogP contribution in [0.2, 0.25) is 0 Å². The van der Waals surface area contributed by atoms with Gasteiger partial charge in [0.05, 0.1) is 18.3 Å². The Balaban J connectivity index is 1.91. The predicted molar refractivity (Wildman–Crippen MR) is 144 cm³/mol. The Morgan fingerprint density at radius 3 is 2.47 bits per heavy atom. The number of benzene rings is 1. The van der Waals surface area contributed by atoms with E-state index in [9.17, 15) is 9.59 Å². The van der Waals surface area contributed by atoms with Gasteiger partial charge >= 0.3 is 0 Å². The van der Waals surface area contributed by atoms with E-state index >= 15 is 0 Å². The molecule has 3 rings (SSSR count). The molecule has 0 aliphatic heterocycles. The summed E-state index contributed by atoms with van der Waals surface area (Å²) in [6.07, 6.45) is 6.43. The van der Waals surface area contributed by atoms with Gasteiger partial charge < -0.3 is 14.1 Å². The topological polar surface area (TPSA) is 59.8 Å². The van der Waals surface area contributed by atoms with E-state index in [4.69, 9.17) is 9.15 Å². The third-order valence-corrected chi connectivity index (χ3v) is 7.26. The van der Waals surface area contributed by atoms with E-state index in [1.165, 1.54) is 0 Å². The number of ketones is 2. The highest BCUT2D eigenvalue weighted by Gasteiger charge is 2.31. The molecule has 0 amide bonds. The van der Waals surface area contributed by atoms with Crippen molar-refractivity contribution < 1.29 is 18.7 Å². The van der Waals surface area contributed by atoms with Crippen LogP contribution in [0.25, 0.3) is 6.08 Å². The van der Waals surface area contributed by atoms with Gasteiger partial charge in [0.2, 0.25) is 0 Å². The number of hydrogen-bond donors (Lipinski definition) is 0. The first kappa shape index (κ1) is 25.4. The van der Waals surface area contributed by atoms with Gasteiger partial charge in [-0.2, -0.15) is 0 Å². The van der Waals surface area contributed by atoms with Crippen LogP contribution in [0.4, 0.5) is 0 Å². The molecule has 0 spiro atoms. The number of hydrogen-bond acceptors (Lipinski definition) is 5. The molecule has 0 radical (unpaired) electrons. The van der Waals surface area contributed by atoms with Crippen LogP contribution in [0.5, 0.6) is 5.75 Å². The molecule has 1 heterocycles. The molecule has 172 valence electrons. The molecule has 1 aliphatic rings. The highest BCUT2D eigenvalue weighted by molar-refractivity contribution is 14.1. The summed E-state index contributed by atoms with van der Waals surface area (Å²) in [7, 11) is 0. The molecule has 0 atom stereocenters. The molecule has 2 aromatic rings. The van der Waals surface area contributed by atoms with Crippen molar-refractivity contribution >= 4 is 62.8 Å². The lowest BCUT2D eigenvalue weighted by Crippen LogP contribution is -2.28. The molecule has 0 saturated carbocycles. The molecule has 0 N–H and O–H groups in total. The molecule has 0 fully saturated rings. The van der Waals surface area contributed by atoms with E-state index in [0.29, 0.717) is 47.7 Å². The fraction of sp³-hybridized carbons (Fsp3) is 0.440. The van der Waals surface area contributed by atoms with Crippen LogP contribution in [0.15, 0.2) is 22.6 Å². The zero-order valence-electron chi connectivity index (χ0n) is 18.8. The maximum Gasteiger partial charge on any atom is 0.197 e. The molecule has 0 unspecified atom stereocenters. The summed E-state index contributed by atoms with van der Waals surface area (Å²) in [5.41, 5.74) is 1.43. The number of nitrogens with zero attached hydrogens (tertiary/aromatic N) is 1. The zero-order chi connectivity index (χ0) is 23.3. The van der Waals surface area contributed by atoms with Crippen LogP contribution < -0.4 is 4.74 Å². The number of ether oxygens (including phenoxy) is 1. The van der Waals surface area contributed by atoms with Crippen LogP contribution in [0.1, 0.15) is 77.8 Å². The lowest BCUT2D eigenvalue weighted by molar-refractivity contribution is 0.0977. The number of rotatable bonds is 11. The van der Waals surface area contributed by atoms with E-state index in [2.05, 4.69) is 70.9 Å². The van der Waals surface area contributed by atoms with Crippen molar-refractivity contribution in [3.8, 4) is 5.75 Å². The highest BCUT2D eigenvalue weighted by atomic mass is 127. The lowest BCUT2D eigenvalue weighted by atomic mass is 9.92. The SMILES string of the molecule is CCCCc1oc2c(c1C(=O)c1cc(I)c(OCCN(CC)CC)c(I)c1)C(=O)CC=C2. The quantitative estimate of drug-likeness (QED) is 0.207. The Hall–Kier alpha value is -1.20. The molecular weight excluding hydrogens is 632 g/mol. The van der Waals surface area contributed by atoms with Crippen LogP contribution in [0, 0.1) is 7.14 Å². The van der Waals surface area contributed by atoms with Crippen molar-refractivity contribution in [2.45, 2.75) is 46.5 Å². The minimum atomic E-state index is -0.157. The molecule has 7 heteroatoms. The Kier molecular flexibility index (Phi) is 9.36. The van der Waals surface area contributed by atoms with Gasteiger partial charge in [0.1, 0.15) is 23.9 Å². The number of fused-ring (bicyclic) bond motifs is 1. The van der Waals surface area contributed by atoms with Crippen molar-refractivity contribution in [1.82, 2.24) is 4.90 Å². The largest absolute Gasteiger partial charge is 0.490 e. The van der Waals surface area contributed by atoms with Gasteiger partial charge in [-0.3, -0.25) is 9.59 Å².